The zero-order chi connectivity index (χ0) is 19.3. The van der Waals surface area contributed by atoms with Crippen LogP contribution in [0.15, 0.2) is 42.5 Å². The van der Waals surface area contributed by atoms with Gasteiger partial charge in [0.25, 0.3) is 0 Å². The van der Waals surface area contributed by atoms with Gasteiger partial charge in [-0.2, -0.15) is 0 Å². The lowest BCUT2D eigenvalue weighted by Gasteiger charge is -2.22. The third kappa shape index (κ3) is 5.11. The van der Waals surface area contributed by atoms with E-state index >= 15 is 0 Å². The van der Waals surface area contributed by atoms with E-state index in [4.69, 9.17) is 21.7 Å². The number of hydrogen-bond donors (Lipinski definition) is 2. The quantitative estimate of drug-likeness (QED) is 0.719. The van der Waals surface area contributed by atoms with Crippen molar-refractivity contribution in [1.29, 1.82) is 0 Å². The lowest BCUT2D eigenvalue weighted by atomic mass is 9.86. The predicted octanol–water partition coefficient (Wildman–Crippen LogP) is 5.05. The highest BCUT2D eigenvalue weighted by atomic mass is 32.1. The van der Waals surface area contributed by atoms with Crippen LogP contribution < -0.4 is 20.1 Å². The Morgan fingerprint density at radius 2 is 1.65 bits per heavy atom. The fourth-order valence-corrected chi connectivity index (χ4v) is 2.90. The van der Waals surface area contributed by atoms with Crippen LogP contribution in [0.2, 0.25) is 0 Å². The molecule has 0 aliphatic rings. The number of anilines is 1. The number of methoxy groups -OCH3 is 2. The molecule has 0 aliphatic carbocycles. The Hall–Kier alpha value is -2.27. The average molecular weight is 373 g/mol. The van der Waals surface area contributed by atoms with Crippen molar-refractivity contribution in [2.45, 2.75) is 39.2 Å². The van der Waals surface area contributed by atoms with E-state index in [0.29, 0.717) is 10.9 Å². The summed E-state index contributed by atoms with van der Waals surface area (Å²) < 4.78 is 10.6. The van der Waals surface area contributed by atoms with Gasteiger partial charge >= 0.3 is 0 Å². The first kappa shape index (κ1) is 20.0. The fourth-order valence-electron chi connectivity index (χ4n) is 2.61. The predicted molar refractivity (Wildman–Crippen MR) is 112 cm³/mol. The molecule has 2 N–H and O–H groups in total. The largest absolute Gasteiger partial charge is 0.497 e. The molecule has 0 aliphatic heterocycles. The normalized spacial score (nSPS) is 12.2. The summed E-state index contributed by atoms with van der Waals surface area (Å²) in [7, 11) is 3.25. The molecule has 0 aromatic heterocycles. The van der Waals surface area contributed by atoms with Crippen molar-refractivity contribution in [2.75, 3.05) is 19.5 Å². The second kappa shape index (κ2) is 8.41. The van der Waals surface area contributed by atoms with Gasteiger partial charge in [-0.3, -0.25) is 0 Å². The summed E-state index contributed by atoms with van der Waals surface area (Å²) >= 11 is 5.46. The summed E-state index contributed by atoms with van der Waals surface area (Å²) in [5.41, 5.74) is 3.44. The zero-order valence-corrected chi connectivity index (χ0v) is 17.2. The van der Waals surface area contributed by atoms with E-state index in [1.54, 1.807) is 14.2 Å². The van der Waals surface area contributed by atoms with Gasteiger partial charge in [0, 0.05) is 6.07 Å². The smallest absolute Gasteiger partial charge is 0.171 e. The highest BCUT2D eigenvalue weighted by Crippen LogP contribution is 2.29. The van der Waals surface area contributed by atoms with Crippen molar-refractivity contribution in [3.63, 3.8) is 0 Å². The molecular formula is C21H28N2O2S. The molecule has 0 fully saturated rings. The summed E-state index contributed by atoms with van der Waals surface area (Å²) in [4.78, 5) is 0. The third-order valence-corrected chi connectivity index (χ3v) is 4.50. The van der Waals surface area contributed by atoms with Crippen LogP contribution in [0.4, 0.5) is 5.69 Å². The Labute approximate surface area is 161 Å². The molecule has 2 aromatic carbocycles. The molecule has 2 aromatic rings. The number of rotatable bonds is 5. The molecule has 0 bridgehead atoms. The van der Waals surface area contributed by atoms with Crippen LogP contribution in [0.5, 0.6) is 11.5 Å². The average Bonchev–Trinajstić information content (AvgIpc) is 2.61. The SMILES string of the molecule is COc1ccc(NC(=S)N[C@H](C)c2ccc(C(C)(C)C)cc2)c(OC)c1. The minimum Gasteiger partial charge on any atom is -0.497 e. The molecule has 5 heteroatoms. The molecule has 0 radical (unpaired) electrons. The van der Waals surface area contributed by atoms with Crippen molar-refractivity contribution in [1.82, 2.24) is 5.32 Å². The molecule has 4 nitrogen and oxygen atoms in total. The van der Waals surface area contributed by atoms with Gasteiger partial charge < -0.3 is 20.1 Å². The van der Waals surface area contributed by atoms with Crippen LogP contribution in [0.1, 0.15) is 44.9 Å². The van der Waals surface area contributed by atoms with Gasteiger partial charge in [0.1, 0.15) is 11.5 Å². The van der Waals surface area contributed by atoms with Crippen molar-refractivity contribution in [2.24, 2.45) is 0 Å². The summed E-state index contributed by atoms with van der Waals surface area (Å²) in [6.45, 7) is 8.73. The molecular weight excluding hydrogens is 344 g/mol. The summed E-state index contributed by atoms with van der Waals surface area (Å²) in [6.07, 6.45) is 0. The van der Waals surface area contributed by atoms with Gasteiger partial charge in [0.2, 0.25) is 0 Å². The molecule has 140 valence electrons. The summed E-state index contributed by atoms with van der Waals surface area (Å²) in [5, 5.41) is 7.05. The molecule has 0 saturated heterocycles. The molecule has 0 unspecified atom stereocenters. The monoisotopic (exact) mass is 372 g/mol. The Morgan fingerprint density at radius 3 is 2.19 bits per heavy atom. The van der Waals surface area contributed by atoms with Gasteiger partial charge in [-0.05, 0) is 47.8 Å². The Balaban J connectivity index is 2.03. The Kier molecular flexibility index (Phi) is 6.48. The summed E-state index contributed by atoms with van der Waals surface area (Å²) in [6, 6.07) is 14.3. The second-order valence-corrected chi connectivity index (χ2v) is 7.67. The lowest BCUT2D eigenvalue weighted by Crippen LogP contribution is -2.31. The Morgan fingerprint density at radius 1 is 1.00 bits per heavy atom. The van der Waals surface area contributed by atoms with Crippen LogP contribution in [0.3, 0.4) is 0 Å². The molecule has 0 amide bonds. The van der Waals surface area contributed by atoms with E-state index in [1.807, 2.05) is 18.2 Å². The molecule has 0 heterocycles. The van der Waals surface area contributed by atoms with E-state index in [9.17, 15) is 0 Å². The highest BCUT2D eigenvalue weighted by Gasteiger charge is 2.15. The van der Waals surface area contributed by atoms with Crippen molar-refractivity contribution in [3.05, 3.63) is 53.6 Å². The maximum atomic E-state index is 5.46. The van der Waals surface area contributed by atoms with E-state index < -0.39 is 0 Å². The third-order valence-electron chi connectivity index (χ3n) is 4.28. The first-order valence-corrected chi connectivity index (χ1v) is 9.05. The summed E-state index contributed by atoms with van der Waals surface area (Å²) in [5.74, 6) is 1.41. The van der Waals surface area contributed by atoms with Gasteiger partial charge in [-0.1, -0.05) is 45.0 Å². The number of nitrogens with one attached hydrogen (secondary N) is 2. The van der Waals surface area contributed by atoms with Gasteiger partial charge in [-0.25, -0.2) is 0 Å². The van der Waals surface area contributed by atoms with Gasteiger partial charge in [0.15, 0.2) is 5.11 Å². The topological polar surface area (TPSA) is 42.5 Å². The Bertz CT molecular complexity index is 752. The van der Waals surface area contributed by atoms with Gasteiger partial charge in [0.05, 0.1) is 25.9 Å². The van der Waals surface area contributed by atoms with E-state index in [2.05, 4.69) is 62.6 Å². The zero-order valence-electron chi connectivity index (χ0n) is 16.3. The van der Waals surface area contributed by atoms with Crippen molar-refractivity contribution in [3.8, 4) is 11.5 Å². The van der Waals surface area contributed by atoms with Crippen molar-refractivity contribution < 1.29 is 9.47 Å². The first-order valence-electron chi connectivity index (χ1n) is 8.64. The number of hydrogen-bond acceptors (Lipinski definition) is 3. The van der Waals surface area contributed by atoms with Crippen LogP contribution in [-0.4, -0.2) is 19.3 Å². The number of ether oxygens (including phenoxy) is 2. The minimum absolute atomic E-state index is 0.0910. The number of thiocarbonyl (C=S) groups is 1. The molecule has 2 rings (SSSR count). The van der Waals surface area contributed by atoms with Crippen LogP contribution >= 0.6 is 12.2 Å². The van der Waals surface area contributed by atoms with Crippen LogP contribution in [-0.2, 0) is 5.41 Å². The number of benzene rings is 2. The molecule has 26 heavy (non-hydrogen) atoms. The first-order chi connectivity index (χ1) is 12.2. The molecule has 0 saturated carbocycles. The van der Waals surface area contributed by atoms with Gasteiger partial charge in [-0.15, -0.1) is 0 Å². The standard InChI is InChI=1S/C21H28N2O2S/c1-14(15-7-9-16(10-8-15)21(2,3)4)22-20(26)23-18-12-11-17(24-5)13-19(18)25-6/h7-14H,1-6H3,(H2,22,23,26)/t14-/m1/s1. The highest BCUT2D eigenvalue weighted by molar-refractivity contribution is 7.80. The molecule has 1 atom stereocenters. The maximum absolute atomic E-state index is 5.46. The lowest BCUT2D eigenvalue weighted by molar-refractivity contribution is 0.395. The van der Waals surface area contributed by atoms with Crippen LogP contribution in [0, 0.1) is 0 Å². The fraction of sp³-hybridized carbons (Fsp3) is 0.381. The van der Waals surface area contributed by atoms with Crippen LogP contribution in [0.25, 0.3) is 0 Å². The van der Waals surface area contributed by atoms with E-state index in [0.717, 1.165) is 11.4 Å². The van der Waals surface area contributed by atoms with Crippen molar-refractivity contribution >= 4 is 23.0 Å². The molecule has 0 spiro atoms. The minimum atomic E-state index is 0.0910. The van der Waals surface area contributed by atoms with E-state index in [1.165, 1.54) is 11.1 Å². The second-order valence-electron chi connectivity index (χ2n) is 7.26. The van der Waals surface area contributed by atoms with E-state index in [-0.39, 0.29) is 11.5 Å². The maximum Gasteiger partial charge on any atom is 0.171 e.